The van der Waals surface area contributed by atoms with E-state index in [1.807, 2.05) is 42.5 Å². The van der Waals surface area contributed by atoms with Crippen molar-refractivity contribution < 1.29 is 9.84 Å². The molecule has 0 atom stereocenters. The Labute approximate surface area is 113 Å². The fraction of sp³-hybridized carbons (Fsp3) is 0.250. The van der Waals surface area contributed by atoms with Crippen LogP contribution in [0.4, 0.5) is 0 Å². The summed E-state index contributed by atoms with van der Waals surface area (Å²) in [5.74, 6) is 0.833. The molecule has 0 unspecified atom stereocenters. The first kappa shape index (κ1) is 13.6. The molecule has 0 saturated carbocycles. The summed E-state index contributed by atoms with van der Waals surface area (Å²) in [5, 5.41) is 8.85. The summed E-state index contributed by atoms with van der Waals surface area (Å²) in [6.07, 6.45) is 0.679. The van der Waals surface area contributed by atoms with Gasteiger partial charge < -0.3 is 15.6 Å². The van der Waals surface area contributed by atoms with E-state index in [9.17, 15) is 0 Å². The zero-order chi connectivity index (χ0) is 13.5. The van der Waals surface area contributed by atoms with Crippen molar-refractivity contribution in [2.24, 2.45) is 5.73 Å². The van der Waals surface area contributed by atoms with Gasteiger partial charge in [0, 0.05) is 13.2 Å². The molecule has 0 spiro atoms. The Balaban J connectivity index is 1.94. The average Bonchev–Trinajstić information content (AvgIpc) is 2.47. The minimum Gasteiger partial charge on any atom is -0.489 e. The second-order valence-corrected chi connectivity index (χ2v) is 4.43. The van der Waals surface area contributed by atoms with E-state index in [0.717, 1.165) is 22.4 Å². The van der Waals surface area contributed by atoms with Gasteiger partial charge in [0.15, 0.2) is 0 Å². The molecule has 2 rings (SSSR count). The van der Waals surface area contributed by atoms with Gasteiger partial charge in [-0.3, -0.25) is 0 Å². The molecule has 0 aliphatic carbocycles. The van der Waals surface area contributed by atoms with Crippen LogP contribution in [0.5, 0.6) is 5.75 Å². The molecule has 0 aromatic heterocycles. The molecule has 3 heteroatoms. The van der Waals surface area contributed by atoms with Crippen LogP contribution in [-0.2, 0) is 19.6 Å². The summed E-state index contributed by atoms with van der Waals surface area (Å²) in [7, 11) is 0. The van der Waals surface area contributed by atoms with Gasteiger partial charge in [-0.1, -0.05) is 36.4 Å². The lowest BCUT2D eigenvalue weighted by Gasteiger charge is -2.08. The van der Waals surface area contributed by atoms with Gasteiger partial charge in [0.2, 0.25) is 0 Å². The maximum Gasteiger partial charge on any atom is 0.119 e. The third kappa shape index (κ3) is 4.09. The maximum atomic E-state index is 8.85. The fourth-order valence-corrected chi connectivity index (χ4v) is 1.89. The number of ether oxygens (including phenoxy) is 1. The number of nitrogens with two attached hydrogens (primary N) is 1. The van der Waals surface area contributed by atoms with Gasteiger partial charge in [0.1, 0.15) is 12.4 Å². The van der Waals surface area contributed by atoms with E-state index in [1.54, 1.807) is 0 Å². The summed E-state index contributed by atoms with van der Waals surface area (Å²) < 4.78 is 5.72. The molecule has 0 fully saturated rings. The summed E-state index contributed by atoms with van der Waals surface area (Å²) in [6, 6.07) is 15.9. The quantitative estimate of drug-likeness (QED) is 0.834. The first-order chi connectivity index (χ1) is 9.31. The number of aliphatic hydroxyl groups is 1. The van der Waals surface area contributed by atoms with Crippen LogP contribution < -0.4 is 10.5 Å². The van der Waals surface area contributed by atoms with E-state index >= 15 is 0 Å². The largest absolute Gasteiger partial charge is 0.489 e. The molecule has 19 heavy (non-hydrogen) atoms. The maximum absolute atomic E-state index is 8.85. The Morgan fingerprint density at radius 3 is 2.37 bits per heavy atom. The van der Waals surface area contributed by atoms with Crippen LogP contribution >= 0.6 is 0 Å². The Morgan fingerprint density at radius 1 is 0.947 bits per heavy atom. The van der Waals surface area contributed by atoms with Crippen molar-refractivity contribution in [3.63, 3.8) is 0 Å². The summed E-state index contributed by atoms with van der Waals surface area (Å²) in [5.41, 5.74) is 8.94. The van der Waals surface area contributed by atoms with Crippen molar-refractivity contribution in [3.8, 4) is 5.75 Å². The number of rotatable bonds is 6. The zero-order valence-corrected chi connectivity index (χ0v) is 10.9. The Morgan fingerprint density at radius 2 is 1.68 bits per heavy atom. The highest BCUT2D eigenvalue weighted by Crippen LogP contribution is 2.15. The molecule has 0 heterocycles. The lowest BCUT2D eigenvalue weighted by atomic mass is 10.1. The van der Waals surface area contributed by atoms with Crippen LogP contribution in [0.25, 0.3) is 0 Å². The first-order valence-electron chi connectivity index (χ1n) is 6.42. The summed E-state index contributed by atoms with van der Waals surface area (Å²) in [6.45, 7) is 1.25. The van der Waals surface area contributed by atoms with E-state index < -0.39 is 0 Å². The molecular formula is C16H19NO2. The van der Waals surface area contributed by atoms with Crippen LogP contribution in [0.15, 0.2) is 48.5 Å². The second kappa shape index (κ2) is 6.92. The molecular weight excluding hydrogens is 238 g/mol. The predicted molar refractivity (Wildman–Crippen MR) is 75.9 cm³/mol. The van der Waals surface area contributed by atoms with Gasteiger partial charge >= 0.3 is 0 Å². The molecule has 100 valence electrons. The third-order valence-electron chi connectivity index (χ3n) is 2.96. The van der Waals surface area contributed by atoms with E-state index in [1.165, 1.54) is 0 Å². The monoisotopic (exact) mass is 257 g/mol. The van der Waals surface area contributed by atoms with Gasteiger partial charge in [-0.15, -0.1) is 0 Å². The number of benzene rings is 2. The Kier molecular flexibility index (Phi) is 4.95. The Hall–Kier alpha value is -1.84. The molecule has 0 amide bonds. The van der Waals surface area contributed by atoms with Gasteiger partial charge in [0.05, 0.1) is 0 Å². The van der Waals surface area contributed by atoms with Crippen molar-refractivity contribution >= 4 is 0 Å². The number of hydrogen-bond acceptors (Lipinski definition) is 3. The van der Waals surface area contributed by atoms with Gasteiger partial charge in [-0.25, -0.2) is 0 Å². The zero-order valence-electron chi connectivity index (χ0n) is 10.9. The SMILES string of the molecule is NCc1cccc(COc2ccc(CCO)cc2)c1. The third-order valence-corrected chi connectivity index (χ3v) is 2.96. The molecule has 0 saturated heterocycles. The summed E-state index contributed by atoms with van der Waals surface area (Å²) >= 11 is 0. The van der Waals surface area contributed by atoms with Crippen LogP contribution in [-0.4, -0.2) is 11.7 Å². The van der Waals surface area contributed by atoms with Crippen LogP contribution in [0, 0.1) is 0 Å². The highest BCUT2D eigenvalue weighted by atomic mass is 16.5. The topological polar surface area (TPSA) is 55.5 Å². The lowest BCUT2D eigenvalue weighted by molar-refractivity contribution is 0.298. The van der Waals surface area contributed by atoms with Gasteiger partial charge in [-0.05, 0) is 35.2 Å². The van der Waals surface area contributed by atoms with Crippen molar-refractivity contribution in [1.82, 2.24) is 0 Å². The van der Waals surface area contributed by atoms with E-state index in [2.05, 4.69) is 6.07 Å². The lowest BCUT2D eigenvalue weighted by Crippen LogP contribution is -2.00. The van der Waals surface area contributed by atoms with E-state index in [0.29, 0.717) is 19.6 Å². The van der Waals surface area contributed by atoms with Crippen LogP contribution in [0.1, 0.15) is 16.7 Å². The predicted octanol–water partition coefficient (Wildman–Crippen LogP) is 2.26. The molecule has 0 bridgehead atoms. The van der Waals surface area contributed by atoms with Crippen LogP contribution in [0.2, 0.25) is 0 Å². The molecule has 0 radical (unpaired) electrons. The van der Waals surface area contributed by atoms with Gasteiger partial charge in [-0.2, -0.15) is 0 Å². The second-order valence-electron chi connectivity index (χ2n) is 4.43. The smallest absolute Gasteiger partial charge is 0.119 e. The normalized spacial score (nSPS) is 10.4. The minimum absolute atomic E-state index is 0.173. The van der Waals surface area contributed by atoms with Gasteiger partial charge in [0.25, 0.3) is 0 Å². The number of aliphatic hydroxyl groups excluding tert-OH is 1. The molecule has 2 aromatic rings. The molecule has 3 nitrogen and oxygen atoms in total. The molecule has 3 N–H and O–H groups in total. The molecule has 2 aromatic carbocycles. The van der Waals surface area contributed by atoms with Crippen molar-refractivity contribution in [2.45, 2.75) is 19.6 Å². The first-order valence-corrected chi connectivity index (χ1v) is 6.42. The molecule has 0 aliphatic heterocycles. The van der Waals surface area contributed by atoms with Crippen molar-refractivity contribution in [1.29, 1.82) is 0 Å². The Bertz CT molecular complexity index is 508. The minimum atomic E-state index is 0.173. The summed E-state index contributed by atoms with van der Waals surface area (Å²) in [4.78, 5) is 0. The number of hydrogen-bond donors (Lipinski definition) is 2. The van der Waals surface area contributed by atoms with Crippen molar-refractivity contribution in [3.05, 3.63) is 65.2 Å². The highest BCUT2D eigenvalue weighted by molar-refractivity contribution is 5.28. The standard InChI is InChI=1S/C16H19NO2/c17-11-14-2-1-3-15(10-14)12-19-16-6-4-13(5-7-16)8-9-18/h1-7,10,18H,8-9,11-12,17H2. The fourth-order valence-electron chi connectivity index (χ4n) is 1.89. The van der Waals surface area contributed by atoms with Crippen LogP contribution in [0.3, 0.4) is 0 Å². The average molecular weight is 257 g/mol. The van der Waals surface area contributed by atoms with Crippen molar-refractivity contribution in [2.75, 3.05) is 6.61 Å². The van der Waals surface area contributed by atoms with E-state index in [4.69, 9.17) is 15.6 Å². The molecule has 0 aliphatic rings. The van der Waals surface area contributed by atoms with E-state index in [-0.39, 0.29) is 6.61 Å². The highest BCUT2D eigenvalue weighted by Gasteiger charge is 1.98.